The van der Waals surface area contributed by atoms with E-state index < -0.39 is 24.0 Å². The van der Waals surface area contributed by atoms with Gasteiger partial charge >= 0.3 is 0 Å². The van der Waals surface area contributed by atoms with Gasteiger partial charge in [0.05, 0.1) is 22.1 Å². The van der Waals surface area contributed by atoms with Crippen molar-refractivity contribution < 1.29 is 34.8 Å². The van der Waals surface area contributed by atoms with E-state index in [1.54, 1.807) is 11.8 Å². The van der Waals surface area contributed by atoms with Gasteiger partial charge in [0.15, 0.2) is 0 Å². The van der Waals surface area contributed by atoms with E-state index in [1.165, 1.54) is 4.68 Å². The van der Waals surface area contributed by atoms with Gasteiger partial charge in [0.1, 0.15) is 0 Å². The first-order valence-electron chi connectivity index (χ1n) is 11.5. The van der Waals surface area contributed by atoms with Crippen LogP contribution in [-0.4, -0.2) is 33.6 Å². The number of para-hydroxylation sites is 2. The molecular weight excluding hydrogens is 500 g/mol. The fourth-order valence-corrected chi connectivity index (χ4v) is 6.09. The molecule has 5 rings (SSSR count). The molecule has 174 valence electrons. The van der Waals surface area contributed by atoms with Crippen LogP contribution in [0.3, 0.4) is 0 Å². The molecule has 1 aliphatic carbocycles. The molecule has 3 aromatic rings. The van der Waals surface area contributed by atoms with Crippen LogP contribution in [0.25, 0.3) is 5.69 Å². The Hall–Kier alpha value is -2.12. The second-order valence-electron chi connectivity index (χ2n) is 8.53. The molecule has 2 aliphatic rings. The monoisotopic (exact) mass is 525 g/mol. The maximum Gasteiger partial charge on any atom is 0.217 e. The molecule has 1 N–H and O–H groups in total. The number of nitrogens with zero attached hydrogens (tertiary/aromatic N) is 3. The number of thioether (sulfide) groups is 1. The average Bonchev–Trinajstić information content (AvgIpc) is 3.35. The van der Waals surface area contributed by atoms with E-state index >= 15 is 0 Å². The van der Waals surface area contributed by atoms with Gasteiger partial charge in [-0.1, -0.05) is 61.5 Å². The predicted molar refractivity (Wildman–Crippen MR) is 126 cm³/mol. The molecule has 2 aromatic carbocycles. The largest absolute Gasteiger partial charge is 0.851 e. The Labute approximate surface area is 217 Å². The van der Waals surface area contributed by atoms with Crippen LogP contribution in [0, 0.1) is 5.92 Å². The van der Waals surface area contributed by atoms with Crippen molar-refractivity contribution in [2.45, 2.75) is 49.7 Å². The summed E-state index contributed by atoms with van der Waals surface area (Å²) in [5.41, 5.74) is 2.91. The minimum atomic E-state index is -1.11. The third kappa shape index (κ3) is 4.11. The molecule has 0 radical (unpaired) electrons. The number of hydrogen-bond donors (Lipinski definition) is 1. The molecule has 1 fully saturated rings. The summed E-state index contributed by atoms with van der Waals surface area (Å²) in [7, 11) is 0. The fraction of sp³-hybridized carbons (Fsp3) is 0.346. The number of aromatic nitrogens is 2. The fourth-order valence-electron chi connectivity index (χ4n) is 4.87. The van der Waals surface area contributed by atoms with Gasteiger partial charge in [-0.15, -0.1) is 12.2 Å². The number of fused-ring (bicyclic) bond motifs is 1. The molecule has 1 aromatic heterocycles. The summed E-state index contributed by atoms with van der Waals surface area (Å²) in [4.78, 5) is 3.29. The summed E-state index contributed by atoms with van der Waals surface area (Å²) in [5, 5.41) is 43.2. The van der Waals surface area contributed by atoms with E-state index in [0.29, 0.717) is 23.4 Å². The molecule has 1 saturated carbocycles. The first kappa shape index (κ1) is 25.0. The van der Waals surface area contributed by atoms with E-state index in [-0.39, 0.29) is 25.4 Å². The van der Waals surface area contributed by atoms with Crippen molar-refractivity contribution in [3.05, 3.63) is 77.0 Å². The zero-order valence-electron chi connectivity index (χ0n) is 19.4. The van der Waals surface area contributed by atoms with Gasteiger partial charge in [0.25, 0.3) is 0 Å². The molecule has 2 unspecified atom stereocenters. The minimum absolute atomic E-state index is 0. The van der Waals surface area contributed by atoms with E-state index in [2.05, 4.69) is 29.1 Å². The second-order valence-corrected chi connectivity index (χ2v) is 9.59. The Morgan fingerprint density at radius 3 is 2.38 bits per heavy atom. The second kappa shape index (κ2) is 10.2. The van der Waals surface area contributed by atoms with Crippen molar-refractivity contribution in [2.75, 3.05) is 11.4 Å². The Morgan fingerprint density at radius 2 is 1.71 bits per heavy atom. The maximum absolute atomic E-state index is 13.3. The normalized spacial score (nSPS) is 24.6. The van der Waals surface area contributed by atoms with Gasteiger partial charge in [0, 0.05) is 36.5 Å². The van der Waals surface area contributed by atoms with Crippen LogP contribution in [0.5, 0.6) is 5.88 Å². The summed E-state index contributed by atoms with van der Waals surface area (Å²) in [6, 6.07) is 17.4. The van der Waals surface area contributed by atoms with E-state index in [0.717, 1.165) is 28.6 Å². The molecule has 0 saturated heterocycles. The molecule has 8 heteroatoms. The third-order valence-corrected chi connectivity index (χ3v) is 7.68. The zero-order chi connectivity index (χ0) is 23.1. The molecule has 0 amide bonds. The van der Waals surface area contributed by atoms with Crippen molar-refractivity contribution in [2.24, 2.45) is 5.92 Å². The molecular formula is C26H27N3O3SZn-2. The molecule has 34 heavy (non-hydrogen) atoms. The summed E-state index contributed by atoms with van der Waals surface area (Å²) in [6.45, 7) is 4.86. The van der Waals surface area contributed by atoms with Gasteiger partial charge in [0.2, 0.25) is 5.88 Å². The van der Waals surface area contributed by atoms with Crippen molar-refractivity contribution in [3.8, 4) is 11.6 Å². The SMILES string of the molecule is CCCc1nn(-c2ccccc2)c(O)c1C1C([O-])C(C=C2Sc3ccccc3N2CC)C1[O-].[Zn]. The van der Waals surface area contributed by atoms with Crippen LogP contribution in [-0.2, 0) is 25.9 Å². The van der Waals surface area contributed by atoms with E-state index in [9.17, 15) is 15.3 Å². The van der Waals surface area contributed by atoms with Gasteiger partial charge in [-0.3, -0.25) is 0 Å². The van der Waals surface area contributed by atoms with Gasteiger partial charge in [-0.05, 0) is 49.4 Å². The zero-order valence-corrected chi connectivity index (χ0v) is 23.2. The first-order chi connectivity index (χ1) is 16.0. The Kier molecular flexibility index (Phi) is 7.53. The molecule has 6 nitrogen and oxygen atoms in total. The Morgan fingerprint density at radius 1 is 1.03 bits per heavy atom. The Balaban J connectivity index is 0.00000274. The summed E-state index contributed by atoms with van der Waals surface area (Å²) in [6.07, 6.45) is 1.05. The molecule has 2 atom stereocenters. The van der Waals surface area contributed by atoms with Crippen molar-refractivity contribution in [3.63, 3.8) is 0 Å². The number of rotatable bonds is 6. The van der Waals surface area contributed by atoms with Gasteiger partial charge in [-0.25, -0.2) is 4.68 Å². The number of hydrogen-bond acceptors (Lipinski definition) is 6. The van der Waals surface area contributed by atoms with Crippen LogP contribution in [0.2, 0.25) is 0 Å². The average molecular weight is 527 g/mol. The van der Waals surface area contributed by atoms with Crippen molar-refractivity contribution in [1.82, 2.24) is 9.78 Å². The first-order valence-corrected chi connectivity index (χ1v) is 12.3. The van der Waals surface area contributed by atoms with Gasteiger partial charge in [-0.2, -0.15) is 5.10 Å². The topological polar surface area (TPSA) is 87.4 Å². The standard InChI is InChI=1S/C26H27N3O3S.Zn/c1-3-10-18-22(26(32)29(27-18)16-11-6-5-7-12-16)23-24(30)17(25(23)31)15-21-28(4-2)19-13-8-9-14-20(19)33-21;/h5-9,11-15,17,23-25,32H,3-4,10H2,1-2H3;/q-2;. The summed E-state index contributed by atoms with van der Waals surface area (Å²) in [5.74, 6) is -1.51. The number of anilines is 1. The predicted octanol–water partition coefficient (Wildman–Crippen LogP) is 3.17. The van der Waals surface area contributed by atoms with Crippen LogP contribution in [0.1, 0.15) is 37.4 Å². The number of aromatic hydroxyl groups is 1. The van der Waals surface area contributed by atoms with Crippen LogP contribution in [0.4, 0.5) is 5.69 Å². The molecule has 0 bridgehead atoms. The number of benzene rings is 2. The van der Waals surface area contributed by atoms with Crippen molar-refractivity contribution in [1.29, 1.82) is 0 Å². The molecule has 2 heterocycles. The summed E-state index contributed by atoms with van der Waals surface area (Å²) >= 11 is 1.61. The van der Waals surface area contributed by atoms with Crippen LogP contribution >= 0.6 is 11.8 Å². The van der Waals surface area contributed by atoms with Crippen molar-refractivity contribution >= 4 is 17.4 Å². The summed E-state index contributed by atoms with van der Waals surface area (Å²) < 4.78 is 1.45. The van der Waals surface area contributed by atoms with E-state index in [4.69, 9.17) is 0 Å². The van der Waals surface area contributed by atoms with E-state index in [1.807, 2.05) is 55.5 Å². The van der Waals surface area contributed by atoms with Crippen LogP contribution in [0.15, 0.2) is 70.6 Å². The van der Waals surface area contributed by atoms with Crippen LogP contribution < -0.4 is 15.1 Å². The Bertz CT molecular complexity index is 1170. The molecule has 1 aliphatic heterocycles. The minimum Gasteiger partial charge on any atom is -0.851 e. The quantitative estimate of drug-likeness (QED) is 0.496. The smallest absolute Gasteiger partial charge is 0.217 e. The molecule has 0 spiro atoms. The third-order valence-electron chi connectivity index (χ3n) is 6.55. The number of aryl methyl sites for hydroxylation is 1. The van der Waals surface area contributed by atoms with Gasteiger partial charge < -0.3 is 20.2 Å². The maximum atomic E-state index is 13.3.